The predicted molar refractivity (Wildman–Crippen MR) is 122 cm³/mol. The highest BCUT2D eigenvalue weighted by molar-refractivity contribution is 6.04. The zero-order valence-electron chi connectivity index (χ0n) is 18.2. The van der Waals surface area contributed by atoms with Crippen LogP contribution in [-0.4, -0.2) is 42.3 Å². The number of ether oxygens (including phenoxy) is 1. The highest BCUT2D eigenvalue weighted by Gasteiger charge is 2.27. The first-order valence-electron chi connectivity index (χ1n) is 11.1. The lowest BCUT2D eigenvalue weighted by atomic mass is 10.1. The van der Waals surface area contributed by atoms with Gasteiger partial charge in [0.15, 0.2) is 5.82 Å². The molecule has 0 saturated heterocycles. The summed E-state index contributed by atoms with van der Waals surface area (Å²) in [5, 5.41) is 11.2. The second kappa shape index (κ2) is 7.84. The van der Waals surface area contributed by atoms with Gasteiger partial charge in [0.2, 0.25) is 0 Å². The van der Waals surface area contributed by atoms with E-state index >= 15 is 0 Å². The van der Waals surface area contributed by atoms with Crippen LogP contribution < -0.4 is 10.1 Å². The van der Waals surface area contributed by atoms with Gasteiger partial charge in [-0.15, -0.1) is 10.2 Å². The number of aromatic nitrogens is 6. The smallest absolute Gasteiger partial charge is 0.256 e. The summed E-state index contributed by atoms with van der Waals surface area (Å²) in [7, 11) is 1.62. The Bertz CT molecular complexity index is 1330. The maximum Gasteiger partial charge on any atom is 0.256 e. The van der Waals surface area contributed by atoms with Gasteiger partial charge in [0.1, 0.15) is 23.6 Å². The van der Waals surface area contributed by atoms with Gasteiger partial charge in [-0.2, -0.15) is 0 Å². The lowest BCUT2D eigenvalue weighted by Gasteiger charge is -2.12. The van der Waals surface area contributed by atoms with Crippen LogP contribution in [0.1, 0.15) is 53.7 Å². The highest BCUT2D eigenvalue weighted by Crippen LogP contribution is 2.39. The molecule has 1 amide bonds. The van der Waals surface area contributed by atoms with Crippen LogP contribution in [0, 0.1) is 0 Å². The molecule has 4 aromatic rings. The number of carbonyl (C=O) groups is 1. The molecule has 0 spiro atoms. The molecule has 0 bridgehead atoms. The Morgan fingerprint density at radius 1 is 1.12 bits per heavy atom. The second-order valence-electron chi connectivity index (χ2n) is 8.52. The number of benzene rings is 1. The molecule has 2 saturated carbocycles. The minimum atomic E-state index is -0.255. The Kier molecular flexibility index (Phi) is 4.67. The number of anilines is 1. The minimum absolute atomic E-state index is 0.255. The Balaban J connectivity index is 1.26. The quantitative estimate of drug-likeness (QED) is 0.465. The Labute approximate surface area is 190 Å². The summed E-state index contributed by atoms with van der Waals surface area (Å²) in [6, 6.07) is 11.3. The Morgan fingerprint density at radius 2 is 2.00 bits per heavy atom. The SMILES string of the molecule is COc1ccc(C(=O)Nc2cccc(-c3nncn3C3CC3)n2)cc1-n1cnc(C2CC2)c1. The van der Waals surface area contributed by atoms with E-state index in [1.165, 1.54) is 12.8 Å². The van der Waals surface area contributed by atoms with Crippen LogP contribution in [0.15, 0.2) is 55.2 Å². The van der Waals surface area contributed by atoms with Gasteiger partial charge in [-0.1, -0.05) is 6.07 Å². The summed E-state index contributed by atoms with van der Waals surface area (Å²) in [4.78, 5) is 22.2. The van der Waals surface area contributed by atoms with Crippen LogP contribution in [0.4, 0.5) is 5.82 Å². The standard InChI is InChI=1S/C24H23N7O2/c1-33-21-10-7-16(11-20(21)30-12-19(25-13-30)15-5-6-15)24(32)28-22-4-2-3-18(27-22)23-29-26-14-31(23)17-8-9-17/h2-4,7,10-15,17H,5-6,8-9H2,1H3,(H,27,28,32). The first-order valence-corrected chi connectivity index (χ1v) is 11.1. The van der Waals surface area contributed by atoms with Crippen molar-refractivity contribution in [1.82, 2.24) is 29.3 Å². The van der Waals surface area contributed by atoms with Crippen LogP contribution in [0.25, 0.3) is 17.2 Å². The molecule has 33 heavy (non-hydrogen) atoms. The van der Waals surface area contributed by atoms with Gasteiger partial charge in [-0.3, -0.25) is 4.79 Å². The molecular weight excluding hydrogens is 418 g/mol. The van der Waals surface area contributed by atoms with Crippen molar-refractivity contribution in [3.63, 3.8) is 0 Å². The van der Waals surface area contributed by atoms with Gasteiger partial charge < -0.3 is 19.2 Å². The first-order chi connectivity index (χ1) is 16.2. The normalized spacial score (nSPS) is 15.4. The van der Waals surface area contributed by atoms with Crippen molar-refractivity contribution in [3.8, 4) is 23.0 Å². The molecule has 3 heterocycles. The number of methoxy groups -OCH3 is 1. The molecule has 1 aromatic carbocycles. The van der Waals surface area contributed by atoms with Crippen molar-refractivity contribution in [2.45, 2.75) is 37.6 Å². The van der Waals surface area contributed by atoms with Crippen molar-refractivity contribution in [1.29, 1.82) is 0 Å². The average Bonchev–Trinajstić information content (AvgIpc) is 3.78. The summed E-state index contributed by atoms with van der Waals surface area (Å²) in [6.45, 7) is 0. The molecule has 1 N–H and O–H groups in total. The van der Waals surface area contributed by atoms with E-state index in [-0.39, 0.29) is 5.91 Å². The third-order valence-corrected chi connectivity index (χ3v) is 6.05. The van der Waals surface area contributed by atoms with Gasteiger partial charge in [-0.25, -0.2) is 9.97 Å². The zero-order chi connectivity index (χ0) is 22.4. The molecule has 0 unspecified atom stereocenters. The molecule has 9 heteroatoms. The summed E-state index contributed by atoms with van der Waals surface area (Å²) in [6.07, 6.45) is 10.1. The molecule has 6 rings (SSSR count). The third kappa shape index (κ3) is 3.86. The van der Waals surface area contributed by atoms with E-state index in [0.717, 1.165) is 24.2 Å². The fourth-order valence-electron chi connectivity index (χ4n) is 3.96. The van der Waals surface area contributed by atoms with E-state index < -0.39 is 0 Å². The van der Waals surface area contributed by atoms with Crippen molar-refractivity contribution in [3.05, 3.63) is 66.5 Å². The van der Waals surface area contributed by atoms with Crippen molar-refractivity contribution >= 4 is 11.7 Å². The van der Waals surface area contributed by atoms with Crippen molar-refractivity contribution in [2.75, 3.05) is 12.4 Å². The van der Waals surface area contributed by atoms with Crippen LogP contribution in [0.5, 0.6) is 5.75 Å². The number of carbonyl (C=O) groups excluding carboxylic acids is 1. The van der Waals surface area contributed by atoms with Crippen LogP contribution in [0.3, 0.4) is 0 Å². The number of imidazole rings is 1. The highest BCUT2D eigenvalue weighted by atomic mass is 16.5. The van der Waals surface area contributed by atoms with Crippen LogP contribution in [0.2, 0.25) is 0 Å². The maximum atomic E-state index is 13.1. The molecule has 2 aliphatic rings. The van der Waals surface area contributed by atoms with E-state index in [9.17, 15) is 4.79 Å². The van der Waals surface area contributed by atoms with E-state index in [0.29, 0.717) is 40.6 Å². The lowest BCUT2D eigenvalue weighted by molar-refractivity contribution is 0.102. The Hall–Kier alpha value is -4.01. The molecule has 0 atom stereocenters. The van der Waals surface area contributed by atoms with E-state index in [1.54, 1.807) is 44.0 Å². The number of rotatable bonds is 7. The van der Waals surface area contributed by atoms with Gasteiger partial charge in [0, 0.05) is 23.7 Å². The van der Waals surface area contributed by atoms with E-state index in [2.05, 4.69) is 25.5 Å². The fourth-order valence-corrected chi connectivity index (χ4v) is 3.96. The number of hydrogen-bond donors (Lipinski definition) is 1. The topological polar surface area (TPSA) is 99.7 Å². The van der Waals surface area contributed by atoms with Crippen molar-refractivity contribution < 1.29 is 9.53 Å². The Morgan fingerprint density at radius 3 is 2.79 bits per heavy atom. The molecule has 0 aliphatic heterocycles. The summed E-state index contributed by atoms with van der Waals surface area (Å²) in [5.41, 5.74) is 3.02. The molecule has 9 nitrogen and oxygen atoms in total. The predicted octanol–water partition coefficient (Wildman–Crippen LogP) is 4.00. The maximum absolute atomic E-state index is 13.1. The number of hydrogen-bond acceptors (Lipinski definition) is 6. The zero-order valence-corrected chi connectivity index (χ0v) is 18.2. The van der Waals surface area contributed by atoms with Gasteiger partial charge >= 0.3 is 0 Å². The molecule has 0 radical (unpaired) electrons. The number of pyridine rings is 1. The van der Waals surface area contributed by atoms with Crippen molar-refractivity contribution in [2.24, 2.45) is 0 Å². The first kappa shape index (κ1) is 19.7. The second-order valence-corrected chi connectivity index (χ2v) is 8.52. The molecular formula is C24H23N7O2. The number of nitrogens with zero attached hydrogens (tertiary/aromatic N) is 6. The largest absolute Gasteiger partial charge is 0.495 e. The molecule has 2 aliphatic carbocycles. The van der Waals surface area contributed by atoms with E-state index in [4.69, 9.17) is 4.74 Å². The summed E-state index contributed by atoms with van der Waals surface area (Å²) >= 11 is 0. The van der Waals surface area contributed by atoms with E-state index in [1.807, 2.05) is 27.5 Å². The number of amides is 1. The average molecular weight is 441 g/mol. The summed E-state index contributed by atoms with van der Waals surface area (Å²) in [5.74, 6) is 2.14. The molecule has 2 fully saturated rings. The molecule has 166 valence electrons. The monoisotopic (exact) mass is 441 g/mol. The molecule has 3 aromatic heterocycles. The summed E-state index contributed by atoms with van der Waals surface area (Å²) < 4.78 is 9.48. The fraction of sp³-hybridized carbons (Fsp3) is 0.292. The van der Waals surface area contributed by atoms with Crippen LogP contribution >= 0.6 is 0 Å². The third-order valence-electron chi connectivity index (χ3n) is 6.05. The van der Waals surface area contributed by atoms with Crippen LogP contribution in [-0.2, 0) is 0 Å². The van der Waals surface area contributed by atoms with Gasteiger partial charge in [-0.05, 0) is 56.0 Å². The number of nitrogens with one attached hydrogen (secondary N) is 1. The lowest BCUT2D eigenvalue weighted by Crippen LogP contribution is -2.14. The van der Waals surface area contributed by atoms with Gasteiger partial charge in [0.05, 0.1) is 24.8 Å². The minimum Gasteiger partial charge on any atom is -0.495 e. The van der Waals surface area contributed by atoms with Gasteiger partial charge in [0.25, 0.3) is 5.91 Å².